The van der Waals surface area contributed by atoms with E-state index in [0.29, 0.717) is 12.1 Å². The van der Waals surface area contributed by atoms with Crippen molar-refractivity contribution in [1.82, 2.24) is 26.3 Å². The number of carbonyl (C=O) groups is 4. The topological polar surface area (TPSA) is 158 Å². The zero-order valence-electron chi connectivity index (χ0n) is 17.6. The molecule has 1 aliphatic heterocycles. The van der Waals surface area contributed by atoms with Gasteiger partial charge in [0.05, 0.1) is 0 Å². The lowest BCUT2D eigenvalue weighted by molar-refractivity contribution is -0.135. The molecule has 2 aromatic carbocycles. The van der Waals surface area contributed by atoms with Crippen molar-refractivity contribution >= 4 is 34.7 Å². The number of rotatable bonds is 8. The van der Waals surface area contributed by atoms with E-state index in [1.54, 1.807) is 36.5 Å². The molecule has 1 fully saturated rings. The minimum Gasteiger partial charge on any atom is -0.361 e. The maximum atomic E-state index is 13.2. The van der Waals surface area contributed by atoms with Crippen molar-refractivity contribution in [3.05, 3.63) is 71.9 Å². The van der Waals surface area contributed by atoms with E-state index in [4.69, 9.17) is 5.73 Å². The van der Waals surface area contributed by atoms with Gasteiger partial charge in [-0.15, -0.1) is 0 Å². The third kappa shape index (κ3) is 4.95. The van der Waals surface area contributed by atoms with Crippen molar-refractivity contribution in [2.75, 3.05) is 6.54 Å². The number of aromatic nitrogens is 1. The van der Waals surface area contributed by atoms with Gasteiger partial charge in [0.1, 0.15) is 18.1 Å². The first-order chi connectivity index (χ1) is 15.9. The molecule has 0 bridgehead atoms. The van der Waals surface area contributed by atoms with Gasteiger partial charge in [0.2, 0.25) is 17.7 Å². The predicted molar refractivity (Wildman–Crippen MR) is 121 cm³/mol. The molecule has 10 heteroatoms. The Morgan fingerprint density at radius 2 is 1.73 bits per heavy atom. The van der Waals surface area contributed by atoms with Crippen LogP contribution >= 0.6 is 0 Å². The molecule has 0 saturated carbocycles. The summed E-state index contributed by atoms with van der Waals surface area (Å²) in [5.41, 5.74) is 7.56. The number of urea groups is 1. The molecule has 1 aliphatic rings. The summed E-state index contributed by atoms with van der Waals surface area (Å²) < 4.78 is 0. The van der Waals surface area contributed by atoms with Gasteiger partial charge >= 0.3 is 6.03 Å². The summed E-state index contributed by atoms with van der Waals surface area (Å²) in [5, 5.41) is 11.3. The second-order valence-electron chi connectivity index (χ2n) is 7.78. The summed E-state index contributed by atoms with van der Waals surface area (Å²) in [7, 11) is 0. The summed E-state index contributed by atoms with van der Waals surface area (Å²) in [6.45, 7) is 0.326. The number of fused-ring (bicyclic) bond motifs is 1. The lowest BCUT2D eigenvalue weighted by Gasteiger charge is -2.29. The van der Waals surface area contributed by atoms with E-state index in [2.05, 4.69) is 26.3 Å². The van der Waals surface area contributed by atoms with E-state index in [1.165, 1.54) is 0 Å². The summed E-state index contributed by atoms with van der Waals surface area (Å²) in [5.74, 6) is -1.39. The number of β-lactam (4-membered cyclic amide) rings is 1. The Bertz CT molecular complexity index is 1190. The van der Waals surface area contributed by atoms with Crippen LogP contribution in [0.15, 0.2) is 60.8 Å². The molecule has 2 heterocycles. The Morgan fingerprint density at radius 3 is 2.39 bits per heavy atom. The molecule has 3 aromatic rings. The Kier molecular flexibility index (Phi) is 6.25. The largest absolute Gasteiger partial charge is 0.361 e. The number of para-hydroxylation sites is 1. The molecule has 0 radical (unpaired) electrons. The molecular weight excluding hydrogens is 424 g/mol. The number of benzene rings is 2. The summed E-state index contributed by atoms with van der Waals surface area (Å²) in [4.78, 5) is 52.5. The standard InChI is InChI=1S/C23H24N6O4/c24-23(33)28-17(10-14-11-25-16-9-5-4-8-15(14)16)21(31)29-19(13-6-2-1-3-7-13)22(32)27-18-12-26-20(18)30/h1-9,11,17-19,25H,10,12H2,(H,26,30)(H,27,32)(H,29,31)(H3,24,28,33)/t17-,18?,19-/m1/s1. The smallest absolute Gasteiger partial charge is 0.312 e. The molecule has 5 amide bonds. The van der Waals surface area contributed by atoms with E-state index < -0.39 is 36.0 Å². The number of amides is 5. The second kappa shape index (κ2) is 9.43. The monoisotopic (exact) mass is 448 g/mol. The minimum absolute atomic E-state index is 0.160. The van der Waals surface area contributed by atoms with Crippen LogP contribution in [-0.2, 0) is 20.8 Å². The highest BCUT2D eigenvalue weighted by atomic mass is 16.2. The van der Waals surface area contributed by atoms with Crippen molar-refractivity contribution in [2.24, 2.45) is 5.73 Å². The highest BCUT2D eigenvalue weighted by Crippen LogP contribution is 2.20. The van der Waals surface area contributed by atoms with E-state index >= 15 is 0 Å². The molecule has 1 unspecified atom stereocenters. The third-order valence-corrected chi connectivity index (χ3v) is 5.53. The molecule has 3 atom stereocenters. The maximum absolute atomic E-state index is 13.2. The molecule has 10 nitrogen and oxygen atoms in total. The van der Waals surface area contributed by atoms with Crippen LogP contribution in [0, 0.1) is 0 Å². The van der Waals surface area contributed by atoms with Crippen LogP contribution in [-0.4, -0.2) is 47.4 Å². The number of hydrogen-bond donors (Lipinski definition) is 6. The molecule has 1 aromatic heterocycles. The fraction of sp³-hybridized carbons (Fsp3) is 0.217. The fourth-order valence-corrected chi connectivity index (χ4v) is 3.75. The molecule has 170 valence electrons. The quantitative estimate of drug-likeness (QED) is 0.272. The first-order valence-corrected chi connectivity index (χ1v) is 10.5. The average molecular weight is 448 g/mol. The second-order valence-corrected chi connectivity index (χ2v) is 7.78. The molecular formula is C23H24N6O4. The van der Waals surface area contributed by atoms with Crippen LogP contribution < -0.4 is 27.0 Å². The number of aromatic amines is 1. The van der Waals surface area contributed by atoms with Crippen LogP contribution in [0.4, 0.5) is 4.79 Å². The predicted octanol–water partition coefficient (Wildman–Crippen LogP) is 0.219. The molecule has 1 saturated heterocycles. The van der Waals surface area contributed by atoms with Crippen LogP contribution in [0.2, 0.25) is 0 Å². The molecule has 0 spiro atoms. The van der Waals surface area contributed by atoms with Crippen LogP contribution in [0.5, 0.6) is 0 Å². The van der Waals surface area contributed by atoms with Gasteiger partial charge in [-0.05, 0) is 17.2 Å². The Morgan fingerprint density at radius 1 is 1.00 bits per heavy atom. The number of hydrogen-bond acceptors (Lipinski definition) is 4. The van der Waals surface area contributed by atoms with Crippen LogP contribution in [0.25, 0.3) is 10.9 Å². The van der Waals surface area contributed by atoms with Crippen molar-refractivity contribution in [3.63, 3.8) is 0 Å². The van der Waals surface area contributed by atoms with Gasteiger partial charge in [-0.1, -0.05) is 48.5 Å². The maximum Gasteiger partial charge on any atom is 0.312 e. The normalized spacial score (nSPS) is 16.7. The zero-order valence-corrected chi connectivity index (χ0v) is 17.6. The Labute approximate surface area is 189 Å². The zero-order chi connectivity index (χ0) is 23.4. The lowest BCUT2D eigenvalue weighted by Crippen LogP contribution is -2.63. The number of nitrogens with two attached hydrogens (primary N) is 1. The third-order valence-electron chi connectivity index (χ3n) is 5.53. The highest BCUT2D eigenvalue weighted by molar-refractivity contribution is 5.96. The van der Waals surface area contributed by atoms with E-state index in [0.717, 1.165) is 16.5 Å². The SMILES string of the molecule is NC(=O)N[C@H](Cc1c[nH]c2ccccc12)C(=O)N[C@@H](C(=O)NC1CNC1=O)c1ccccc1. The minimum atomic E-state index is -1.06. The Balaban J connectivity index is 1.55. The highest BCUT2D eigenvalue weighted by Gasteiger charge is 2.34. The number of carbonyl (C=O) groups excluding carboxylic acids is 4. The fourth-order valence-electron chi connectivity index (χ4n) is 3.75. The van der Waals surface area contributed by atoms with Gasteiger partial charge in [0, 0.05) is 30.1 Å². The molecule has 7 N–H and O–H groups in total. The average Bonchev–Trinajstić information content (AvgIpc) is 3.22. The van der Waals surface area contributed by atoms with Crippen LogP contribution in [0.3, 0.4) is 0 Å². The van der Waals surface area contributed by atoms with Gasteiger partial charge in [-0.25, -0.2) is 4.79 Å². The first kappa shape index (κ1) is 21.9. The molecule has 4 rings (SSSR count). The number of nitrogens with one attached hydrogen (secondary N) is 5. The van der Waals surface area contributed by atoms with Gasteiger partial charge in [-0.2, -0.15) is 0 Å². The van der Waals surface area contributed by atoms with Crippen LogP contribution in [0.1, 0.15) is 17.2 Å². The number of primary amides is 1. The van der Waals surface area contributed by atoms with Gasteiger partial charge in [0.15, 0.2) is 0 Å². The van der Waals surface area contributed by atoms with Crippen molar-refractivity contribution in [1.29, 1.82) is 0 Å². The van der Waals surface area contributed by atoms with E-state index in [-0.39, 0.29) is 12.3 Å². The summed E-state index contributed by atoms with van der Waals surface area (Å²) >= 11 is 0. The number of H-pyrrole nitrogens is 1. The van der Waals surface area contributed by atoms with E-state index in [9.17, 15) is 19.2 Å². The Hall–Kier alpha value is -4.34. The van der Waals surface area contributed by atoms with E-state index in [1.807, 2.05) is 24.3 Å². The van der Waals surface area contributed by atoms with Gasteiger partial charge in [-0.3, -0.25) is 14.4 Å². The van der Waals surface area contributed by atoms with Gasteiger partial charge < -0.3 is 32.0 Å². The summed E-state index contributed by atoms with van der Waals surface area (Å²) in [6, 6.07) is 12.6. The first-order valence-electron chi connectivity index (χ1n) is 10.5. The van der Waals surface area contributed by atoms with Crippen molar-refractivity contribution in [3.8, 4) is 0 Å². The lowest BCUT2D eigenvalue weighted by atomic mass is 10.0. The molecule has 0 aliphatic carbocycles. The summed E-state index contributed by atoms with van der Waals surface area (Å²) in [6.07, 6.45) is 1.93. The van der Waals surface area contributed by atoms with Gasteiger partial charge in [0.25, 0.3) is 0 Å². The van der Waals surface area contributed by atoms with Crippen molar-refractivity contribution in [2.45, 2.75) is 24.5 Å². The molecule has 33 heavy (non-hydrogen) atoms. The van der Waals surface area contributed by atoms with Crippen molar-refractivity contribution < 1.29 is 19.2 Å².